The second kappa shape index (κ2) is 10.8. The van der Waals surface area contributed by atoms with E-state index in [1.807, 2.05) is 11.7 Å². The van der Waals surface area contributed by atoms with Gasteiger partial charge in [-0.2, -0.15) is 0 Å². The minimum absolute atomic E-state index is 0.0670. The standard InChI is InChI=1S/C21H30Cl2N2O/c1-3-4-5-6-7-8-9-10-11-12-18-16-21(26)25(24(18)2)20-15-17(22)13-14-19(20)23/h13-16H,3-12H2,1-2H3. The SMILES string of the molecule is CCCCCCCCCCCc1cc(=O)n(-c2cc(Cl)ccc2Cl)n1C. The summed E-state index contributed by atoms with van der Waals surface area (Å²) in [6, 6.07) is 6.89. The molecule has 0 spiro atoms. The summed E-state index contributed by atoms with van der Waals surface area (Å²) in [6.45, 7) is 2.25. The van der Waals surface area contributed by atoms with Crippen LogP contribution in [0.3, 0.4) is 0 Å². The Balaban J connectivity index is 1.86. The van der Waals surface area contributed by atoms with Gasteiger partial charge in [-0.1, -0.05) is 81.5 Å². The highest BCUT2D eigenvalue weighted by molar-refractivity contribution is 6.34. The normalized spacial score (nSPS) is 11.2. The van der Waals surface area contributed by atoms with Crippen molar-refractivity contribution < 1.29 is 0 Å². The Hall–Kier alpha value is -1.19. The molecule has 144 valence electrons. The minimum atomic E-state index is -0.0670. The summed E-state index contributed by atoms with van der Waals surface area (Å²) >= 11 is 12.3. The van der Waals surface area contributed by atoms with Crippen LogP contribution >= 0.6 is 23.2 Å². The molecule has 0 radical (unpaired) electrons. The summed E-state index contributed by atoms with van der Waals surface area (Å²) in [5, 5.41) is 1.09. The maximum absolute atomic E-state index is 12.4. The van der Waals surface area contributed by atoms with E-state index in [1.165, 1.54) is 51.4 Å². The van der Waals surface area contributed by atoms with Gasteiger partial charge in [-0.05, 0) is 31.0 Å². The van der Waals surface area contributed by atoms with E-state index in [0.29, 0.717) is 15.7 Å². The molecule has 2 rings (SSSR count). The second-order valence-electron chi connectivity index (χ2n) is 6.98. The molecule has 0 atom stereocenters. The van der Waals surface area contributed by atoms with Gasteiger partial charge in [-0.25, -0.2) is 4.68 Å². The molecule has 0 unspecified atom stereocenters. The molecule has 0 aliphatic carbocycles. The third kappa shape index (κ3) is 5.92. The van der Waals surface area contributed by atoms with E-state index in [4.69, 9.17) is 23.2 Å². The number of unbranched alkanes of at least 4 members (excludes halogenated alkanes) is 8. The van der Waals surface area contributed by atoms with Crippen molar-refractivity contribution in [3.63, 3.8) is 0 Å². The zero-order valence-corrected chi connectivity index (χ0v) is 17.5. The topological polar surface area (TPSA) is 26.9 Å². The highest BCUT2D eigenvalue weighted by Crippen LogP contribution is 2.23. The van der Waals surface area contributed by atoms with E-state index < -0.39 is 0 Å². The number of halogens is 2. The molecule has 2 aromatic rings. The van der Waals surface area contributed by atoms with E-state index in [2.05, 4.69) is 6.92 Å². The van der Waals surface area contributed by atoms with Gasteiger partial charge in [0, 0.05) is 23.8 Å². The average molecular weight is 397 g/mol. The Morgan fingerprint density at radius 2 is 1.50 bits per heavy atom. The molecule has 0 aliphatic heterocycles. The first-order valence-corrected chi connectivity index (χ1v) is 10.5. The van der Waals surface area contributed by atoms with Crippen molar-refractivity contribution in [2.45, 2.75) is 71.1 Å². The van der Waals surface area contributed by atoms with E-state index in [1.54, 1.807) is 28.9 Å². The van der Waals surface area contributed by atoms with Crippen LogP contribution in [0.15, 0.2) is 29.1 Å². The van der Waals surface area contributed by atoms with Crippen LogP contribution in [0.2, 0.25) is 10.0 Å². The van der Waals surface area contributed by atoms with Crippen LogP contribution in [0, 0.1) is 0 Å². The largest absolute Gasteiger partial charge is 0.285 e. The summed E-state index contributed by atoms with van der Waals surface area (Å²) in [4.78, 5) is 12.4. The van der Waals surface area contributed by atoms with E-state index in [-0.39, 0.29) is 5.56 Å². The fourth-order valence-electron chi connectivity index (χ4n) is 3.35. The third-order valence-corrected chi connectivity index (χ3v) is 5.44. The van der Waals surface area contributed by atoms with Crippen molar-refractivity contribution in [2.24, 2.45) is 7.05 Å². The molecule has 5 heteroatoms. The molecule has 1 heterocycles. The summed E-state index contributed by atoms with van der Waals surface area (Å²) in [7, 11) is 1.90. The van der Waals surface area contributed by atoms with Gasteiger partial charge in [0.15, 0.2) is 0 Å². The van der Waals surface area contributed by atoms with Gasteiger partial charge in [0.1, 0.15) is 0 Å². The Morgan fingerprint density at radius 1 is 0.885 bits per heavy atom. The van der Waals surface area contributed by atoms with Gasteiger partial charge < -0.3 is 0 Å². The molecular weight excluding hydrogens is 367 g/mol. The number of hydrogen-bond donors (Lipinski definition) is 0. The fraction of sp³-hybridized carbons (Fsp3) is 0.571. The second-order valence-corrected chi connectivity index (χ2v) is 7.83. The molecule has 0 bridgehead atoms. The number of rotatable bonds is 11. The van der Waals surface area contributed by atoms with Crippen molar-refractivity contribution in [1.82, 2.24) is 9.36 Å². The summed E-state index contributed by atoms with van der Waals surface area (Å²) < 4.78 is 3.49. The highest BCUT2D eigenvalue weighted by atomic mass is 35.5. The third-order valence-electron chi connectivity index (χ3n) is 4.89. The molecule has 0 saturated carbocycles. The molecular formula is C21H30Cl2N2O. The van der Waals surface area contributed by atoms with E-state index >= 15 is 0 Å². The van der Waals surface area contributed by atoms with Gasteiger partial charge in [0.25, 0.3) is 5.56 Å². The predicted octanol–water partition coefficient (Wildman–Crippen LogP) is 6.56. The molecule has 3 nitrogen and oxygen atoms in total. The first-order valence-electron chi connectivity index (χ1n) is 9.78. The zero-order valence-electron chi connectivity index (χ0n) is 15.9. The minimum Gasteiger partial charge on any atom is -0.285 e. The number of aryl methyl sites for hydroxylation is 1. The number of benzene rings is 1. The van der Waals surface area contributed by atoms with Crippen molar-refractivity contribution in [3.8, 4) is 5.69 Å². The molecule has 0 amide bonds. The summed E-state index contributed by atoms with van der Waals surface area (Å²) in [6.07, 6.45) is 12.6. The van der Waals surface area contributed by atoms with Crippen molar-refractivity contribution in [2.75, 3.05) is 0 Å². The monoisotopic (exact) mass is 396 g/mol. The van der Waals surface area contributed by atoms with Gasteiger partial charge in [0.2, 0.25) is 0 Å². The fourth-order valence-corrected chi connectivity index (χ4v) is 3.72. The smallest absolute Gasteiger partial charge is 0.271 e. The highest BCUT2D eigenvalue weighted by Gasteiger charge is 2.13. The lowest BCUT2D eigenvalue weighted by molar-refractivity contribution is 0.553. The lowest BCUT2D eigenvalue weighted by atomic mass is 10.1. The molecule has 26 heavy (non-hydrogen) atoms. The van der Waals surface area contributed by atoms with Gasteiger partial charge in [-0.3, -0.25) is 9.48 Å². The summed E-state index contributed by atoms with van der Waals surface area (Å²) in [5.74, 6) is 0. The Morgan fingerprint density at radius 3 is 2.15 bits per heavy atom. The molecule has 0 N–H and O–H groups in total. The van der Waals surface area contributed by atoms with Gasteiger partial charge >= 0.3 is 0 Å². The Labute approximate surface area is 166 Å². The number of hydrogen-bond acceptors (Lipinski definition) is 1. The van der Waals surface area contributed by atoms with Gasteiger partial charge in [0.05, 0.1) is 10.7 Å². The molecule has 1 aromatic heterocycles. The van der Waals surface area contributed by atoms with Crippen LogP contribution in [-0.4, -0.2) is 9.36 Å². The zero-order chi connectivity index (χ0) is 18.9. The van der Waals surface area contributed by atoms with Crippen LogP contribution in [-0.2, 0) is 13.5 Å². The van der Waals surface area contributed by atoms with Crippen LogP contribution in [0.5, 0.6) is 0 Å². The van der Waals surface area contributed by atoms with E-state index in [9.17, 15) is 4.79 Å². The van der Waals surface area contributed by atoms with Crippen LogP contribution in [0.1, 0.15) is 70.4 Å². The van der Waals surface area contributed by atoms with Crippen molar-refractivity contribution in [3.05, 3.63) is 50.4 Å². The van der Waals surface area contributed by atoms with Gasteiger partial charge in [-0.15, -0.1) is 0 Å². The Bertz CT molecular complexity index is 749. The number of aromatic nitrogens is 2. The molecule has 0 fully saturated rings. The summed E-state index contributed by atoms with van der Waals surface area (Å²) in [5.41, 5.74) is 1.60. The quantitative estimate of drug-likeness (QED) is 0.395. The maximum Gasteiger partial charge on any atom is 0.271 e. The number of nitrogens with zero attached hydrogens (tertiary/aromatic N) is 2. The predicted molar refractivity (Wildman–Crippen MR) is 112 cm³/mol. The molecule has 0 aliphatic rings. The lowest BCUT2D eigenvalue weighted by Gasteiger charge is -2.12. The Kier molecular flexibility index (Phi) is 8.80. The van der Waals surface area contributed by atoms with Crippen LogP contribution in [0.4, 0.5) is 0 Å². The first-order chi connectivity index (χ1) is 12.5. The van der Waals surface area contributed by atoms with Crippen molar-refractivity contribution in [1.29, 1.82) is 0 Å². The average Bonchev–Trinajstić information content (AvgIpc) is 2.89. The van der Waals surface area contributed by atoms with E-state index in [0.717, 1.165) is 18.5 Å². The van der Waals surface area contributed by atoms with Crippen LogP contribution < -0.4 is 5.56 Å². The van der Waals surface area contributed by atoms with Crippen molar-refractivity contribution >= 4 is 23.2 Å². The van der Waals surface area contributed by atoms with Crippen LogP contribution in [0.25, 0.3) is 5.69 Å². The lowest BCUT2D eigenvalue weighted by Crippen LogP contribution is -2.19. The molecule has 0 saturated heterocycles. The molecule has 1 aromatic carbocycles. The first kappa shape index (κ1) is 21.1. The maximum atomic E-state index is 12.4.